The van der Waals surface area contributed by atoms with Gasteiger partial charge in [0.1, 0.15) is 0 Å². The molecule has 7 heavy (non-hydrogen) atoms. The van der Waals surface area contributed by atoms with E-state index in [0.29, 0.717) is 0 Å². The molecule has 0 bridgehead atoms. The van der Waals surface area contributed by atoms with Gasteiger partial charge in [-0.15, -0.1) is 0 Å². The van der Waals surface area contributed by atoms with Crippen molar-refractivity contribution in [2.75, 3.05) is 7.11 Å². The summed E-state index contributed by atoms with van der Waals surface area (Å²) in [7, 11) is 1.36. The molecule has 3 heteroatoms. The van der Waals surface area contributed by atoms with Crippen LogP contribution in [0.25, 0.3) is 0 Å². The van der Waals surface area contributed by atoms with E-state index < -0.39 is 0 Å². The van der Waals surface area contributed by atoms with Gasteiger partial charge in [-0.1, -0.05) is 6.92 Å². The molecule has 0 aliphatic rings. The zero-order valence-corrected chi connectivity index (χ0v) is 5.12. The smallest absolute Gasteiger partial charge is 0.367 e. The third-order valence-corrected chi connectivity index (χ3v) is 0.976. The third-order valence-electron chi connectivity index (χ3n) is 0.381. The minimum absolute atomic E-state index is 0.262. The van der Waals surface area contributed by atoms with E-state index in [1.807, 2.05) is 0 Å². The van der Waals surface area contributed by atoms with Gasteiger partial charge in [0.2, 0.25) is 0 Å². The summed E-state index contributed by atoms with van der Waals surface area (Å²) in [5.74, 6) is 1.67. The number of methoxy groups -OCH3 is 1. The van der Waals surface area contributed by atoms with Crippen LogP contribution in [0.3, 0.4) is 0 Å². The standard InChI is InChI=1S/C4H7O2S/c1-3-7-4(5)6-2/h3H,1-2H3. The Labute approximate surface area is 47.2 Å². The number of hydrogen-bond donors (Lipinski definition) is 0. The summed E-state index contributed by atoms with van der Waals surface area (Å²) in [4.78, 5) is 10.1. The highest BCUT2D eigenvalue weighted by molar-refractivity contribution is 8.14. The molecule has 0 rings (SSSR count). The largest absolute Gasteiger partial charge is 0.461 e. The van der Waals surface area contributed by atoms with Crippen LogP contribution in [0.4, 0.5) is 4.79 Å². The Bertz CT molecular complexity index is 62.7. The summed E-state index contributed by atoms with van der Waals surface area (Å²) in [6.07, 6.45) is 0. The molecular formula is C4H7O2S. The molecule has 0 aromatic heterocycles. The number of ether oxygens (including phenoxy) is 1. The molecule has 0 aliphatic carbocycles. The van der Waals surface area contributed by atoms with Crippen LogP contribution in [0.15, 0.2) is 0 Å². The normalized spacial score (nSPS) is 8.29. The molecule has 0 spiro atoms. The molecule has 0 heterocycles. The van der Waals surface area contributed by atoms with Crippen LogP contribution in [0.1, 0.15) is 6.92 Å². The van der Waals surface area contributed by atoms with Gasteiger partial charge in [-0.05, 0) is 11.8 Å². The fourth-order valence-corrected chi connectivity index (χ4v) is 0.433. The molecule has 0 saturated carbocycles. The van der Waals surface area contributed by atoms with Crippen molar-refractivity contribution in [1.82, 2.24) is 0 Å². The lowest BCUT2D eigenvalue weighted by molar-refractivity contribution is 0.200. The highest BCUT2D eigenvalue weighted by Gasteiger charge is 1.93. The van der Waals surface area contributed by atoms with E-state index in [9.17, 15) is 4.79 Å². The maximum atomic E-state index is 10.1. The third kappa shape index (κ3) is 3.66. The SMILES string of the molecule is C[CH]SC(=O)OC. The maximum absolute atomic E-state index is 10.1. The molecule has 1 radical (unpaired) electrons. The number of carbonyl (C=O) groups excluding carboxylic acids is 1. The van der Waals surface area contributed by atoms with Crippen LogP contribution in [0, 0.1) is 5.75 Å². The first-order valence-electron chi connectivity index (χ1n) is 1.83. The molecule has 0 N–H and O–H groups in total. The second kappa shape index (κ2) is 3.99. The van der Waals surface area contributed by atoms with E-state index in [4.69, 9.17) is 0 Å². The molecule has 0 aromatic carbocycles. The Morgan fingerprint density at radius 2 is 2.43 bits per heavy atom. The van der Waals surface area contributed by atoms with Gasteiger partial charge in [-0.2, -0.15) is 0 Å². The van der Waals surface area contributed by atoms with E-state index in [1.165, 1.54) is 7.11 Å². The van der Waals surface area contributed by atoms with Crippen LogP contribution < -0.4 is 0 Å². The first kappa shape index (κ1) is 6.82. The number of thioether (sulfide) groups is 1. The lowest BCUT2D eigenvalue weighted by Gasteiger charge is -1.89. The van der Waals surface area contributed by atoms with Gasteiger partial charge in [-0.3, -0.25) is 0 Å². The summed E-state index contributed by atoms with van der Waals surface area (Å²) >= 11 is 1.05. The Morgan fingerprint density at radius 1 is 1.86 bits per heavy atom. The van der Waals surface area contributed by atoms with Crippen molar-refractivity contribution in [3.63, 3.8) is 0 Å². The number of carbonyl (C=O) groups is 1. The highest BCUT2D eigenvalue weighted by atomic mass is 32.2. The van der Waals surface area contributed by atoms with Gasteiger partial charge < -0.3 is 4.74 Å². The average Bonchev–Trinajstić information content (AvgIpc) is 1.68. The van der Waals surface area contributed by atoms with Crippen LogP contribution in [-0.2, 0) is 4.74 Å². The minimum Gasteiger partial charge on any atom is -0.461 e. The molecule has 2 nitrogen and oxygen atoms in total. The Balaban J connectivity index is 3.00. The average molecular weight is 119 g/mol. The van der Waals surface area contributed by atoms with Crippen molar-refractivity contribution in [3.05, 3.63) is 5.75 Å². The minimum atomic E-state index is -0.262. The van der Waals surface area contributed by atoms with Gasteiger partial charge >= 0.3 is 5.30 Å². The van der Waals surface area contributed by atoms with Crippen LogP contribution in [0.5, 0.6) is 0 Å². The predicted octanol–water partition coefficient (Wildman–Crippen LogP) is 1.67. The topological polar surface area (TPSA) is 26.3 Å². The van der Waals surface area contributed by atoms with Crippen molar-refractivity contribution in [2.24, 2.45) is 0 Å². The van der Waals surface area contributed by atoms with Gasteiger partial charge in [-0.25, -0.2) is 4.79 Å². The fourth-order valence-electron chi connectivity index (χ4n) is 0.144. The molecule has 0 unspecified atom stereocenters. The molecule has 0 aromatic rings. The van der Waals surface area contributed by atoms with Crippen molar-refractivity contribution in [1.29, 1.82) is 0 Å². The van der Waals surface area contributed by atoms with Crippen molar-refractivity contribution in [3.8, 4) is 0 Å². The first-order valence-corrected chi connectivity index (χ1v) is 2.71. The van der Waals surface area contributed by atoms with Gasteiger partial charge in [0, 0.05) is 5.75 Å². The second-order valence-corrected chi connectivity index (χ2v) is 1.85. The van der Waals surface area contributed by atoms with Crippen LogP contribution in [0.2, 0.25) is 0 Å². The van der Waals surface area contributed by atoms with Crippen molar-refractivity contribution < 1.29 is 9.53 Å². The van der Waals surface area contributed by atoms with E-state index >= 15 is 0 Å². The molecule has 0 aliphatic heterocycles. The monoisotopic (exact) mass is 119 g/mol. The van der Waals surface area contributed by atoms with Gasteiger partial charge in [0.15, 0.2) is 0 Å². The van der Waals surface area contributed by atoms with E-state index in [-0.39, 0.29) is 5.30 Å². The molecule has 41 valence electrons. The molecule has 0 amide bonds. The molecule has 0 fully saturated rings. The van der Waals surface area contributed by atoms with Crippen molar-refractivity contribution in [2.45, 2.75) is 6.92 Å². The maximum Gasteiger partial charge on any atom is 0.367 e. The molecule has 0 saturated heterocycles. The zero-order valence-electron chi connectivity index (χ0n) is 4.30. The quantitative estimate of drug-likeness (QED) is 0.491. The predicted molar refractivity (Wildman–Crippen MR) is 30.0 cm³/mol. The van der Waals surface area contributed by atoms with E-state index in [0.717, 1.165) is 11.8 Å². The second-order valence-electron chi connectivity index (χ2n) is 0.808. The summed E-state index contributed by atoms with van der Waals surface area (Å²) < 4.78 is 4.28. The van der Waals surface area contributed by atoms with Crippen LogP contribution in [-0.4, -0.2) is 12.4 Å². The Hall–Kier alpha value is -0.180. The number of hydrogen-bond acceptors (Lipinski definition) is 3. The first-order chi connectivity index (χ1) is 3.31. The fraction of sp³-hybridized carbons (Fsp3) is 0.500. The Kier molecular flexibility index (Phi) is 3.89. The van der Waals surface area contributed by atoms with E-state index in [1.54, 1.807) is 12.7 Å². The zero-order chi connectivity index (χ0) is 5.70. The molecule has 0 atom stereocenters. The summed E-state index contributed by atoms with van der Waals surface area (Å²) in [6.45, 7) is 1.78. The number of rotatable bonds is 1. The summed E-state index contributed by atoms with van der Waals surface area (Å²) in [5.41, 5.74) is 0. The van der Waals surface area contributed by atoms with Gasteiger partial charge in [0.05, 0.1) is 7.11 Å². The van der Waals surface area contributed by atoms with Gasteiger partial charge in [0.25, 0.3) is 0 Å². The summed E-state index contributed by atoms with van der Waals surface area (Å²) in [6, 6.07) is 0. The van der Waals surface area contributed by atoms with Crippen LogP contribution >= 0.6 is 11.8 Å². The summed E-state index contributed by atoms with van der Waals surface area (Å²) in [5, 5.41) is -0.262. The highest BCUT2D eigenvalue weighted by Crippen LogP contribution is 2.05. The molecular weight excluding hydrogens is 112 g/mol. The Morgan fingerprint density at radius 3 is 2.57 bits per heavy atom. The lowest BCUT2D eigenvalue weighted by atomic mass is 11.0. The lowest BCUT2D eigenvalue weighted by Crippen LogP contribution is -1.87. The van der Waals surface area contributed by atoms with E-state index in [2.05, 4.69) is 4.74 Å². The van der Waals surface area contributed by atoms with Crippen molar-refractivity contribution >= 4 is 17.1 Å².